The smallest absolute Gasteiger partial charge is 0.322 e. The molecule has 1 atom stereocenters. The molecule has 0 saturated carbocycles. The number of benzene rings is 1. The monoisotopic (exact) mass is 327 g/mol. The fourth-order valence-corrected chi connectivity index (χ4v) is 4.77. The van der Waals surface area contributed by atoms with Crippen LogP contribution in [0.1, 0.15) is 30.4 Å². The number of methoxy groups -OCH3 is 1. The van der Waals surface area contributed by atoms with Crippen molar-refractivity contribution in [1.29, 1.82) is 0 Å². The minimum Gasteiger partial charge on any atom is -0.496 e. The van der Waals surface area contributed by atoms with Gasteiger partial charge in [-0.1, -0.05) is 0 Å². The van der Waals surface area contributed by atoms with E-state index in [1.165, 1.54) is 7.11 Å². The number of aliphatic carboxylic acids is 1. The summed E-state index contributed by atoms with van der Waals surface area (Å²) >= 11 is 0. The predicted octanol–water partition coefficient (Wildman–Crippen LogP) is 1.94. The van der Waals surface area contributed by atoms with Gasteiger partial charge in [-0.05, 0) is 56.4 Å². The molecule has 1 saturated heterocycles. The number of piperidine rings is 1. The molecule has 1 aromatic carbocycles. The van der Waals surface area contributed by atoms with Crippen molar-refractivity contribution in [1.82, 2.24) is 4.31 Å². The molecule has 6 nitrogen and oxygen atoms in total. The first kappa shape index (κ1) is 16.8. The quantitative estimate of drug-likeness (QED) is 0.913. The number of nitrogens with zero attached hydrogens (tertiary/aromatic N) is 1. The molecule has 1 aliphatic heterocycles. The van der Waals surface area contributed by atoms with E-state index in [0.717, 1.165) is 10.7 Å². The molecule has 0 spiro atoms. The molecule has 1 fully saturated rings. The maximum absolute atomic E-state index is 12.9. The number of aryl methyl sites for hydroxylation is 2. The molecule has 0 aliphatic carbocycles. The first-order valence-electron chi connectivity index (χ1n) is 7.19. The van der Waals surface area contributed by atoms with E-state index in [1.807, 2.05) is 0 Å². The van der Waals surface area contributed by atoms with Crippen molar-refractivity contribution in [2.75, 3.05) is 13.7 Å². The third kappa shape index (κ3) is 2.96. The number of rotatable bonds is 4. The average Bonchev–Trinajstić information content (AvgIpc) is 2.48. The number of hydrogen-bond acceptors (Lipinski definition) is 4. The van der Waals surface area contributed by atoms with Crippen molar-refractivity contribution in [3.05, 3.63) is 23.3 Å². The number of carbonyl (C=O) groups is 1. The highest BCUT2D eigenvalue weighted by atomic mass is 32.2. The fraction of sp³-hybridized carbons (Fsp3) is 0.533. The Morgan fingerprint density at radius 2 is 1.95 bits per heavy atom. The molecule has 1 heterocycles. The normalized spacial score (nSPS) is 19.9. The van der Waals surface area contributed by atoms with E-state index < -0.39 is 22.0 Å². The van der Waals surface area contributed by atoms with Gasteiger partial charge in [-0.2, -0.15) is 4.31 Å². The van der Waals surface area contributed by atoms with Crippen LogP contribution in [0, 0.1) is 13.8 Å². The van der Waals surface area contributed by atoms with Crippen molar-refractivity contribution in [3.63, 3.8) is 0 Å². The summed E-state index contributed by atoms with van der Waals surface area (Å²) in [4.78, 5) is 11.5. The lowest BCUT2D eigenvalue weighted by Gasteiger charge is -2.32. The third-order valence-corrected chi connectivity index (χ3v) is 6.07. The van der Waals surface area contributed by atoms with E-state index in [4.69, 9.17) is 4.74 Å². The lowest BCUT2D eigenvalue weighted by Crippen LogP contribution is -2.47. The zero-order valence-electron chi connectivity index (χ0n) is 13.0. The van der Waals surface area contributed by atoms with Gasteiger partial charge in [0.15, 0.2) is 0 Å². The largest absolute Gasteiger partial charge is 0.496 e. The summed E-state index contributed by atoms with van der Waals surface area (Å²) in [6.07, 6.45) is 1.75. The van der Waals surface area contributed by atoms with Crippen molar-refractivity contribution < 1.29 is 23.1 Å². The highest BCUT2D eigenvalue weighted by molar-refractivity contribution is 7.89. The van der Waals surface area contributed by atoms with Gasteiger partial charge in [-0.25, -0.2) is 8.42 Å². The Kier molecular flexibility index (Phi) is 4.77. The summed E-state index contributed by atoms with van der Waals surface area (Å²) in [5.74, 6) is -0.476. The maximum Gasteiger partial charge on any atom is 0.322 e. The highest BCUT2D eigenvalue weighted by Crippen LogP contribution is 2.31. The van der Waals surface area contributed by atoms with Gasteiger partial charge in [0.2, 0.25) is 10.0 Å². The van der Waals surface area contributed by atoms with Crippen LogP contribution in [0.5, 0.6) is 5.75 Å². The second-order valence-electron chi connectivity index (χ2n) is 5.55. The van der Waals surface area contributed by atoms with Crippen LogP contribution in [0.2, 0.25) is 0 Å². The molecule has 2 rings (SSSR count). The van der Waals surface area contributed by atoms with E-state index in [0.29, 0.717) is 29.7 Å². The van der Waals surface area contributed by atoms with Gasteiger partial charge in [-0.3, -0.25) is 4.79 Å². The topological polar surface area (TPSA) is 83.9 Å². The zero-order chi connectivity index (χ0) is 16.5. The number of sulfonamides is 1. The summed E-state index contributed by atoms with van der Waals surface area (Å²) in [6, 6.07) is 2.24. The number of carboxylic acids is 1. The number of carboxylic acid groups (broad SMARTS) is 1. The Morgan fingerprint density at radius 3 is 2.55 bits per heavy atom. The van der Waals surface area contributed by atoms with Crippen molar-refractivity contribution in [3.8, 4) is 5.75 Å². The molecule has 1 aliphatic rings. The molecular weight excluding hydrogens is 306 g/mol. The maximum atomic E-state index is 12.9. The van der Waals surface area contributed by atoms with Crippen molar-refractivity contribution in [2.24, 2.45) is 0 Å². The summed E-state index contributed by atoms with van der Waals surface area (Å²) in [5.41, 5.74) is 1.26. The predicted molar refractivity (Wildman–Crippen MR) is 81.6 cm³/mol. The van der Waals surface area contributed by atoms with Crippen LogP contribution in [-0.2, 0) is 14.8 Å². The van der Waals surface area contributed by atoms with Crippen molar-refractivity contribution >= 4 is 16.0 Å². The van der Waals surface area contributed by atoms with Crippen LogP contribution in [0.15, 0.2) is 17.0 Å². The first-order chi connectivity index (χ1) is 10.3. The molecule has 122 valence electrons. The number of hydrogen-bond donors (Lipinski definition) is 1. The van der Waals surface area contributed by atoms with E-state index in [2.05, 4.69) is 0 Å². The minimum atomic E-state index is -3.84. The van der Waals surface area contributed by atoms with Gasteiger partial charge in [-0.15, -0.1) is 0 Å². The lowest BCUT2D eigenvalue weighted by atomic mass is 10.1. The van der Waals surface area contributed by atoms with E-state index in [-0.39, 0.29) is 11.4 Å². The molecular formula is C15H21NO5S. The molecule has 0 amide bonds. The Hall–Kier alpha value is -1.60. The van der Waals surface area contributed by atoms with Crippen LogP contribution in [0.3, 0.4) is 0 Å². The van der Waals surface area contributed by atoms with E-state index in [1.54, 1.807) is 26.0 Å². The van der Waals surface area contributed by atoms with Gasteiger partial charge < -0.3 is 9.84 Å². The van der Waals surface area contributed by atoms with Gasteiger partial charge >= 0.3 is 5.97 Å². The van der Waals surface area contributed by atoms with Gasteiger partial charge in [0.05, 0.1) is 12.0 Å². The average molecular weight is 327 g/mol. The molecule has 0 bridgehead atoms. The minimum absolute atomic E-state index is 0.152. The molecule has 1 unspecified atom stereocenters. The summed E-state index contributed by atoms with van der Waals surface area (Å²) in [6.45, 7) is 3.69. The Morgan fingerprint density at radius 1 is 1.27 bits per heavy atom. The molecule has 1 aromatic rings. The van der Waals surface area contributed by atoms with E-state index >= 15 is 0 Å². The van der Waals surface area contributed by atoms with Crippen LogP contribution in [-0.4, -0.2) is 43.5 Å². The standard InChI is InChI=1S/C15H21NO5S/c1-10-9-14(11(2)8-13(10)21-3)22(19,20)16-7-5-4-6-12(16)15(17)18/h8-9,12H,4-7H2,1-3H3,(H,17,18). The fourth-order valence-electron chi connectivity index (χ4n) is 2.83. The number of ether oxygens (including phenoxy) is 1. The molecule has 7 heteroatoms. The third-order valence-electron chi connectivity index (χ3n) is 4.02. The molecule has 0 aromatic heterocycles. The van der Waals surface area contributed by atoms with Gasteiger partial charge in [0.1, 0.15) is 11.8 Å². The van der Waals surface area contributed by atoms with Crippen LogP contribution in [0.25, 0.3) is 0 Å². The van der Waals surface area contributed by atoms with Gasteiger partial charge in [0, 0.05) is 6.54 Å². The summed E-state index contributed by atoms with van der Waals surface area (Å²) < 4.78 is 32.1. The Bertz CT molecular complexity index is 683. The lowest BCUT2D eigenvalue weighted by molar-refractivity contribution is -0.142. The second-order valence-corrected chi connectivity index (χ2v) is 7.41. The Balaban J connectivity index is 2.50. The first-order valence-corrected chi connectivity index (χ1v) is 8.63. The van der Waals surface area contributed by atoms with E-state index in [9.17, 15) is 18.3 Å². The second kappa shape index (κ2) is 6.26. The Labute approximate surface area is 130 Å². The van der Waals surface area contributed by atoms with Gasteiger partial charge in [0.25, 0.3) is 0 Å². The summed E-state index contributed by atoms with van der Waals surface area (Å²) in [5, 5.41) is 9.30. The molecule has 0 radical (unpaired) electrons. The summed E-state index contributed by atoms with van der Waals surface area (Å²) in [7, 11) is -2.31. The zero-order valence-corrected chi connectivity index (χ0v) is 13.8. The van der Waals surface area contributed by atoms with Crippen LogP contribution >= 0.6 is 0 Å². The highest BCUT2D eigenvalue weighted by Gasteiger charge is 2.38. The van der Waals surface area contributed by atoms with Crippen LogP contribution in [0.4, 0.5) is 0 Å². The van der Waals surface area contributed by atoms with Crippen LogP contribution < -0.4 is 4.74 Å². The SMILES string of the molecule is COc1cc(C)c(S(=O)(=O)N2CCCCC2C(=O)O)cc1C. The van der Waals surface area contributed by atoms with Crippen molar-refractivity contribution in [2.45, 2.75) is 44.0 Å². The molecule has 22 heavy (non-hydrogen) atoms. The molecule has 1 N–H and O–H groups in total.